The average Bonchev–Trinajstić information content (AvgIpc) is 2.36. The highest BCUT2D eigenvalue weighted by molar-refractivity contribution is 6.30. The molecule has 2 aromatic rings. The van der Waals surface area contributed by atoms with Crippen LogP contribution >= 0.6 is 11.6 Å². The Morgan fingerprint density at radius 3 is 2.50 bits per heavy atom. The van der Waals surface area contributed by atoms with Crippen molar-refractivity contribution in [1.82, 2.24) is 0 Å². The van der Waals surface area contributed by atoms with E-state index in [0.29, 0.717) is 11.6 Å². The monoisotopic (exact) mass is 261 g/mol. The maximum atomic E-state index is 5.93. The summed E-state index contributed by atoms with van der Waals surface area (Å²) in [5, 5.41) is 0.669. The Morgan fingerprint density at radius 2 is 1.83 bits per heavy atom. The number of ether oxygens (including phenoxy) is 1. The van der Waals surface area contributed by atoms with Crippen LogP contribution in [-0.2, 0) is 6.54 Å². The molecule has 0 spiro atoms. The zero-order chi connectivity index (χ0) is 13.1. The topological polar surface area (TPSA) is 35.2 Å². The van der Waals surface area contributed by atoms with Gasteiger partial charge in [-0.05, 0) is 55.3 Å². The maximum Gasteiger partial charge on any atom is 0.132 e. The third kappa shape index (κ3) is 2.84. The van der Waals surface area contributed by atoms with E-state index in [1.807, 2.05) is 30.3 Å². The summed E-state index contributed by atoms with van der Waals surface area (Å²) in [6, 6.07) is 11.5. The Kier molecular flexibility index (Phi) is 3.90. The predicted octanol–water partition coefficient (Wildman–Crippen LogP) is 4.21. The lowest BCUT2D eigenvalue weighted by Crippen LogP contribution is -1.99. The number of nitrogens with two attached hydrogens (primary N) is 1. The van der Waals surface area contributed by atoms with Crippen LogP contribution in [0.25, 0.3) is 0 Å². The highest BCUT2D eigenvalue weighted by atomic mass is 35.5. The van der Waals surface area contributed by atoms with Crippen molar-refractivity contribution < 1.29 is 4.74 Å². The number of benzene rings is 2. The van der Waals surface area contributed by atoms with Gasteiger partial charge in [0.15, 0.2) is 0 Å². The van der Waals surface area contributed by atoms with Crippen LogP contribution in [0.15, 0.2) is 36.4 Å². The van der Waals surface area contributed by atoms with Crippen molar-refractivity contribution >= 4 is 11.6 Å². The van der Waals surface area contributed by atoms with Gasteiger partial charge in [0.25, 0.3) is 0 Å². The second kappa shape index (κ2) is 5.42. The van der Waals surface area contributed by atoms with Gasteiger partial charge in [-0.2, -0.15) is 0 Å². The molecule has 2 aromatic carbocycles. The summed E-state index contributed by atoms with van der Waals surface area (Å²) >= 11 is 5.93. The molecule has 0 bridgehead atoms. The molecule has 0 heterocycles. The number of halogens is 1. The lowest BCUT2D eigenvalue weighted by atomic mass is 10.1. The Balaban J connectivity index is 2.30. The summed E-state index contributed by atoms with van der Waals surface area (Å²) in [6.07, 6.45) is 0. The summed E-state index contributed by atoms with van der Waals surface area (Å²) in [5.41, 5.74) is 9.04. The number of hydrogen-bond acceptors (Lipinski definition) is 2. The molecule has 0 saturated heterocycles. The first kappa shape index (κ1) is 12.9. The van der Waals surface area contributed by atoms with E-state index < -0.39 is 0 Å². The van der Waals surface area contributed by atoms with E-state index in [0.717, 1.165) is 17.1 Å². The van der Waals surface area contributed by atoms with Crippen LogP contribution in [0, 0.1) is 13.8 Å². The minimum absolute atomic E-state index is 0.404. The maximum absolute atomic E-state index is 5.93. The van der Waals surface area contributed by atoms with Gasteiger partial charge in [-0.1, -0.05) is 17.7 Å². The highest BCUT2D eigenvalue weighted by Crippen LogP contribution is 2.28. The van der Waals surface area contributed by atoms with Crippen LogP contribution in [0.1, 0.15) is 16.7 Å². The minimum atomic E-state index is 0.404. The molecule has 0 radical (unpaired) electrons. The molecule has 0 aliphatic carbocycles. The van der Waals surface area contributed by atoms with Gasteiger partial charge in [0.1, 0.15) is 11.5 Å². The van der Waals surface area contributed by atoms with E-state index in [9.17, 15) is 0 Å². The largest absolute Gasteiger partial charge is 0.457 e. The van der Waals surface area contributed by atoms with Gasteiger partial charge in [0.05, 0.1) is 0 Å². The van der Waals surface area contributed by atoms with Crippen LogP contribution < -0.4 is 10.5 Å². The first-order valence-corrected chi connectivity index (χ1v) is 6.21. The van der Waals surface area contributed by atoms with Gasteiger partial charge in [-0.3, -0.25) is 0 Å². The molecule has 18 heavy (non-hydrogen) atoms. The van der Waals surface area contributed by atoms with Gasteiger partial charge in [-0.25, -0.2) is 0 Å². The molecular weight excluding hydrogens is 246 g/mol. The Labute approximate surface area is 112 Å². The second-order valence-electron chi connectivity index (χ2n) is 4.30. The summed E-state index contributed by atoms with van der Waals surface area (Å²) in [4.78, 5) is 0. The first-order chi connectivity index (χ1) is 8.60. The molecule has 94 valence electrons. The van der Waals surface area contributed by atoms with E-state index in [4.69, 9.17) is 22.1 Å². The summed E-state index contributed by atoms with van der Waals surface area (Å²) in [6.45, 7) is 4.54. The molecule has 3 heteroatoms. The van der Waals surface area contributed by atoms with Gasteiger partial charge in [0, 0.05) is 17.1 Å². The lowest BCUT2D eigenvalue weighted by molar-refractivity contribution is 0.476. The minimum Gasteiger partial charge on any atom is -0.457 e. The standard InChI is InChI=1S/C15H16ClNO/c1-10-3-5-14(7-11(10)2)18-15-6-4-13(16)8-12(15)9-17/h3-8H,9,17H2,1-2H3. The number of aryl methyl sites for hydroxylation is 2. The highest BCUT2D eigenvalue weighted by Gasteiger charge is 2.05. The Bertz CT molecular complexity index is 566. The molecule has 0 fully saturated rings. The summed E-state index contributed by atoms with van der Waals surface area (Å²) in [5.74, 6) is 1.57. The van der Waals surface area contributed by atoms with Crippen molar-refractivity contribution in [3.63, 3.8) is 0 Å². The molecule has 0 amide bonds. The van der Waals surface area contributed by atoms with Crippen LogP contribution in [0.2, 0.25) is 5.02 Å². The van der Waals surface area contributed by atoms with Crippen LogP contribution in [-0.4, -0.2) is 0 Å². The van der Waals surface area contributed by atoms with Gasteiger partial charge in [0.2, 0.25) is 0 Å². The molecule has 0 aromatic heterocycles. The molecule has 0 atom stereocenters. The van der Waals surface area contributed by atoms with Gasteiger partial charge in [-0.15, -0.1) is 0 Å². The Morgan fingerprint density at radius 1 is 1.06 bits per heavy atom. The third-order valence-electron chi connectivity index (χ3n) is 2.95. The van der Waals surface area contributed by atoms with Crippen molar-refractivity contribution in [3.8, 4) is 11.5 Å². The number of hydrogen-bond donors (Lipinski definition) is 1. The van der Waals surface area contributed by atoms with E-state index in [-0.39, 0.29) is 0 Å². The molecule has 2 N–H and O–H groups in total. The lowest BCUT2D eigenvalue weighted by Gasteiger charge is -2.11. The van der Waals surface area contributed by atoms with E-state index in [1.54, 1.807) is 6.07 Å². The predicted molar refractivity (Wildman–Crippen MR) is 75.3 cm³/mol. The van der Waals surface area contributed by atoms with Crippen molar-refractivity contribution in [3.05, 3.63) is 58.1 Å². The average molecular weight is 262 g/mol. The fourth-order valence-electron chi connectivity index (χ4n) is 1.71. The van der Waals surface area contributed by atoms with Crippen LogP contribution in [0.4, 0.5) is 0 Å². The van der Waals surface area contributed by atoms with Crippen molar-refractivity contribution in [1.29, 1.82) is 0 Å². The van der Waals surface area contributed by atoms with E-state index in [1.165, 1.54) is 11.1 Å². The summed E-state index contributed by atoms with van der Waals surface area (Å²) in [7, 11) is 0. The van der Waals surface area contributed by atoms with Crippen molar-refractivity contribution in [2.24, 2.45) is 5.73 Å². The zero-order valence-electron chi connectivity index (χ0n) is 10.5. The fraction of sp³-hybridized carbons (Fsp3) is 0.200. The fourth-order valence-corrected chi connectivity index (χ4v) is 1.91. The molecule has 2 nitrogen and oxygen atoms in total. The molecule has 0 saturated carbocycles. The van der Waals surface area contributed by atoms with Crippen molar-refractivity contribution in [2.75, 3.05) is 0 Å². The van der Waals surface area contributed by atoms with E-state index in [2.05, 4.69) is 13.8 Å². The molecule has 0 unspecified atom stereocenters. The normalized spacial score (nSPS) is 10.4. The molecule has 0 aliphatic heterocycles. The second-order valence-corrected chi connectivity index (χ2v) is 4.74. The smallest absolute Gasteiger partial charge is 0.132 e. The van der Waals surface area contributed by atoms with Crippen LogP contribution in [0.5, 0.6) is 11.5 Å². The molecule has 2 rings (SSSR count). The van der Waals surface area contributed by atoms with Crippen LogP contribution in [0.3, 0.4) is 0 Å². The van der Waals surface area contributed by atoms with Gasteiger partial charge < -0.3 is 10.5 Å². The third-order valence-corrected chi connectivity index (χ3v) is 3.18. The first-order valence-electron chi connectivity index (χ1n) is 5.84. The quantitative estimate of drug-likeness (QED) is 0.898. The molecular formula is C15H16ClNO. The van der Waals surface area contributed by atoms with Crippen molar-refractivity contribution in [2.45, 2.75) is 20.4 Å². The van der Waals surface area contributed by atoms with E-state index >= 15 is 0 Å². The number of rotatable bonds is 3. The summed E-state index contributed by atoms with van der Waals surface area (Å²) < 4.78 is 5.85. The Hall–Kier alpha value is -1.51. The molecule has 0 aliphatic rings. The zero-order valence-corrected chi connectivity index (χ0v) is 11.3. The van der Waals surface area contributed by atoms with Gasteiger partial charge >= 0.3 is 0 Å². The SMILES string of the molecule is Cc1ccc(Oc2ccc(Cl)cc2CN)cc1C.